The van der Waals surface area contributed by atoms with Crippen molar-refractivity contribution < 1.29 is 27.8 Å². The van der Waals surface area contributed by atoms with Gasteiger partial charge in [-0.15, -0.1) is 0 Å². The van der Waals surface area contributed by atoms with Crippen molar-refractivity contribution in [1.82, 2.24) is 9.55 Å². The number of aliphatic hydroxyl groups excluding tert-OH is 2. The first-order chi connectivity index (χ1) is 15.5. The van der Waals surface area contributed by atoms with Crippen molar-refractivity contribution in [3.05, 3.63) is 64.5 Å². The molecule has 0 amide bonds. The van der Waals surface area contributed by atoms with E-state index < -0.39 is 38.4 Å². The van der Waals surface area contributed by atoms with Gasteiger partial charge in [0.1, 0.15) is 17.2 Å². The number of carbonyl (C=O) groups is 1. The molecule has 0 unspecified atom stereocenters. The first-order valence-corrected chi connectivity index (χ1v) is 12.1. The zero-order valence-electron chi connectivity index (χ0n) is 18.3. The second kappa shape index (κ2) is 9.50. The summed E-state index contributed by atoms with van der Waals surface area (Å²) in [5, 5.41) is 18.2. The summed E-state index contributed by atoms with van der Waals surface area (Å²) in [7, 11) is -3.87. The topological polar surface area (TPSA) is 127 Å². The number of aliphatic hydroxyl groups is 2. The third-order valence-corrected chi connectivity index (χ3v) is 8.03. The van der Waals surface area contributed by atoms with Gasteiger partial charge in [-0.1, -0.05) is 24.3 Å². The Morgan fingerprint density at radius 1 is 1.18 bits per heavy atom. The molecule has 0 saturated carbocycles. The molecule has 176 valence electrons. The standard InChI is InChI=1S/C23H25FN2O6S/c1-23(21(29)13-28,33(2,31)32)8-9-26-14-25-20-12-17(19(24)11-18(20)22(26)30)16-5-3-15(4-6-16)7-10-27/h3-6,11-12,14,27-28H,7-10,13H2,1-2H3/t23-/m1/s1. The summed E-state index contributed by atoms with van der Waals surface area (Å²) in [5.41, 5.74) is 1.46. The van der Waals surface area contributed by atoms with E-state index in [1.54, 1.807) is 24.3 Å². The number of nitrogens with zero attached hydrogens (tertiary/aromatic N) is 2. The Bertz CT molecular complexity index is 1350. The molecule has 0 radical (unpaired) electrons. The molecule has 0 aliphatic heterocycles. The second-order valence-electron chi connectivity index (χ2n) is 8.10. The maximum Gasteiger partial charge on any atom is 0.261 e. The predicted molar refractivity (Wildman–Crippen MR) is 122 cm³/mol. The highest BCUT2D eigenvalue weighted by molar-refractivity contribution is 7.92. The summed E-state index contributed by atoms with van der Waals surface area (Å²) >= 11 is 0. The molecule has 1 atom stereocenters. The predicted octanol–water partition coefficient (Wildman–Crippen LogP) is 1.49. The molecule has 1 heterocycles. The maximum atomic E-state index is 14.9. The lowest BCUT2D eigenvalue weighted by Crippen LogP contribution is -2.46. The number of aryl methyl sites for hydroxylation is 1. The zero-order chi connectivity index (χ0) is 24.4. The van der Waals surface area contributed by atoms with Gasteiger partial charge in [-0.2, -0.15) is 0 Å². The van der Waals surface area contributed by atoms with E-state index in [2.05, 4.69) is 4.98 Å². The van der Waals surface area contributed by atoms with E-state index in [0.717, 1.165) is 22.5 Å². The lowest BCUT2D eigenvalue weighted by molar-refractivity contribution is -0.124. The maximum absolute atomic E-state index is 14.9. The van der Waals surface area contributed by atoms with Crippen molar-refractivity contribution in [3.63, 3.8) is 0 Å². The molecule has 2 aromatic carbocycles. The average molecular weight is 477 g/mol. The molecule has 3 rings (SSSR count). The molecule has 8 nitrogen and oxygen atoms in total. The zero-order valence-corrected chi connectivity index (χ0v) is 19.1. The average Bonchev–Trinajstić information content (AvgIpc) is 2.78. The summed E-state index contributed by atoms with van der Waals surface area (Å²) in [6.45, 7) is 0.117. The number of halogens is 1. The summed E-state index contributed by atoms with van der Waals surface area (Å²) in [6.07, 6.45) is 2.36. The van der Waals surface area contributed by atoms with Gasteiger partial charge in [-0.3, -0.25) is 14.2 Å². The number of sulfone groups is 1. The molecule has 1 aromatic heterocycles. The molecule has 2 N–H and O–H groups in total. The summed E-state index contributed by atoms with van der Waals surface area (Å²) < 4.78 is 38.4. The number of aromatic nitrogens is 2. The number of ketones is 1. The Morgan fingerprint density at radius 2 is 1.85 bits per heavy atom. The molecule has 0 aliphatic carbocycles. The minimum absolute atomic E-state index is 0.0113. The van der Waals surface area contributed by atoms with Crippen LogP contribution in [-0.4, -0.2) is 58.2 Å². The van der Waals surface area contributed by atoms with E-state index in [-0.39, 0.29) is 36.0 Å². The van der Waals surface area contributed by atoms with Crippen molar-refractivity contribution in [3.8, 4) is 11.1 Å². The van der Waals surface area contributed by atoms with Crippen molar-refractivity contribution in [1.29, 1.82) is 0 Å². The van der Waals surface area contributed by atoms with Crippen molar-refractivity contribution >= 4 is 26.5 Å². The molecular formula is C23H25FN2O6S. The Kier molecular flexibility index (Phi) is 7.11. The van der Waals surface area contributed by atoms with Crippen molar-refractivity contribution in [2.75, 3.05) is 19.5 Å². The van der Waals surface area contributed by atoms with Crippen LogP contribution in [0.5, 0.6) is 0 Å². The van der Waals surface area contributed by atoms with Gasteiger partial charge in [0.15, 0.2) is 15.6 Å². The van der Waals surface area contributed by atoms with E-state index in [0.29, 0.717) is 12.0 Å². The number of hydrogen-bond acceptors (Lipinski definition) is 7. The number of rotatable bonds is 9. The fourth-order valence-electron chi connectivity index (χ4n) is 3.57. The van der Waals surface area contributed by atoms with Gasteiger partial charge in [-0.25, -0.2) is 17.8 Å². The van der Waals surface area contributed by atoms with Gasteiger partial charge in [0.2, 0.25) is 0 Å². The van der Waals surface area contributed by atoms with E-state index >= 15 is 0 Å². The molecule has 0 bridgehead atoms. The molecule has 3 aromatic rings. The highest BCUT2D eigenvalue weighted by Gasteiger charge is 2.42. The van der Waals surface area contributed by atoms with Gasteiger partial charge in [0, 0.05) is 25.0 Å². The van der Waals surface area contributed by atoms with Crippen LogP contribution in [0.25, 0.3) is 22.0 Å². The second-order valence-corrected chi connectivity index (χ2v) is 10.5. The molecule has 10 heteroatoms. The van der Waals surface area contributed by atoms with Crippen molar-refractivity contribution in [2.24, 2.45) is 0 Å². The Balaban J connectivity index is 1.96. The number of Topliss-reactive ketones (excluding diaryl/α,β-unsaturated/α-hetero) is 1. The first-order valence-electron chi connectivity index (χ1n) is 10.2. The van der Waals surface area contributed by atoms with Crippen LogP contribution in [0.15, 0.2) is 47.5 Å². The van der Waals surface area contributed by atoms with Crippen LogP contribution in [0.2, 0.25) is 0 Å². The van der Waals surface area contributed by atoms with E-state index in [1.807, 2.05) is 0 Å². The first kappa shape index (κ1) is 24.7. The fraction of sp³-hybridized carbons (Fsp3) is 0.348. The Morgan fingerprint density at radius 3 is 2.42 bits per heavy atom. The van der Waals surface area contributed by atoms with Crippen LogP contribution in [-0.2, 0) is 27.6 Å². The molecule has 0 aliphatic rings. The lowest BCUT2D eigenvalue weighted by Gasteiger charge is -2.25. The number of benzene rings is 2. The summed E-state index contributed by atoms with van der Waals surface area (Å²) in [4.78, 5) is 29.2. The van der Waals surface area contributed by atoms with Crippen LogP contribution >= 0.6 is 0 Å². The third-order valence-electron chi connectivity index (χ3n) is 5.96. The van der Waals surface area contributed by atoms with Crippen molar-refractivity contribution in [2.45, 2.75) is 31.1 Å². The van der Waals surface area contributed by atoms with Crippen LogP contribution < -0.4 is 5.56 Å². The number of hydrogen-bond donors (Lipinski definition) is 2. The molecule has 0 fully saturated rings. The smallest absolute Gasteiger partial charge is 0.261 e. The largest absolute Gasteiger partial charge is 0.396 e. The Labute approximate surface area is 190 Å². The highest BCUT2D eigenvalue weighted by atomic mass is 32.2. The minimum atomic E-state index is -3.87. The minimum Gasteiger partial charge on any atom is -0.396 e. The number of carbonyl (C=O) groups excluding carboxylic acids is 1. The summed E-state index contributed by atoms with van der Waals surface area (Å²) in [5.74, 6) is -1.49. The van der Waals surface area contributed by atoms with Gasteiger partial charge in [-0.05, 0) is 43.0 Å². The van der Waals surface area contributed by atoms with E-state index in [9.17, 15) is 27.5 Å². The lowest BCUT2D eigenvalue weighted by atomic mass is 10.0. The SMILES string of the molecule is C[C@@](CCn1cnc2cc(-c3ccc(CCO)cc3)c(F)cc2c1=O)(C(=O)CO)S(C)(=O)=O. The fourth-order valence-corrected chi connectivity index (χ4v) is 4.51. The van der Waals surface area contributed by atoms with E-state index in [1.165, 1.54) is 19.3 Å². The van der Waals surface area contributed by atoms with Crippen LogP contribution in [0.1, 0.15) is 18.9 Å². The molecule has 0 saturated heterocycles. The third kappa shape index (κ3) is 4.87. The Hall–Kier alpha value is -2.95. The molecule has 33 heavy (non-hydrogen) atoms. The van der Waals surface area contributed by atoms with Crippen LogP contribution in [0.3, 0.4) is 0 Å². The quantitative estimate of drug-likeness (QED) is 0.479. The van der Waals surface area contributed by atoms with Crippen LogP contribution in [0.4, 0.5) is 4.39 Å². The molecular weight excluding hydrogens is 451 g/mol. The van der Waals surface area contributed by atoms with Gasteiger partial charge >= 0.3 is 0 Å². The highest BCUT2D eigenvalue weighted by Crippen LogP contribution is 2.27. The van der Waals surface area contributed by atoms with E-state index in [4.69, 9.17) is 5.11 Å². The van der Waals surface area contributed by atoms with Crippen LogP contribution in [0, 0.1) is 5.82 Å². The normalized spacial score (nSPS) is 13.7. The monoisotopic (exact) mass is 476 g/mol. The summed E-state index contributed by atoms with van der Waals surface area (Å²) in [6, 6.07) is 9.57. The van der Waals surface area contributed by atoms with Gasteiger partial charge < -0.3 is 10.2 Å². The number of fused-ring (bicyclic) bond motifs is 1. The van der Waals surface area contributed by atoms with Gasteiger partial charge in [0.25, 0.3) is 5.56 Å². The molecule has 0 spiro atoms. The van der Waals surface area contributed by atoms with Gasteiger partial charge in [0.05, 0.1) is 17.2 Å².